The van der Waals surface area contributed by atoms with Gasteiger partial charge < -0.3 is 4.74 Å². The van der Waals surface area contributed by atoms with Crippen molar-refractivity contribution in [2.45, 2.75) is 25.4 Å². The highest BCUT2D eigenvalue weighted by Gasteiger charge is 2.44. The maximum absolute atomic E-state index is 5.43. The van der Waals surface area contributed by atoms with Crippen molar-refractivity contribution in [3.63, 3.8) is 0 Å². The second-order valence-corrected chi connectivity index (χ2v) is 3.39. The molecule has 1 heterocycles. The molecule has 2 heteroatoms. The first-order chi connectivity index (χ1) is 5.77. The Morgan fingerprint density at radius 3 is 2.58 bits per heavy atom. The molecule has 0 amide bonds. The van der Waals surface area contributed by atoms with E-state index in [2.05, 4.69) is 11.1 Å². The predicted molar refractivity (Wildman–Crippen MR) is 46.9 cm³/mol. The number of aryl methyl sites for hydroxylation is 1. The van der Waals surface area contributed by atoms with E-state index in [1.165, 1.54) is 5.56 Å². The smallest absolute Gasteiger partial charge is 0.0944 e. The Bertz CT molecular complexity index is 274. The summed E-state index contributed by atoms with van der Waals surface area (Å²) in [7, 11) is 1.77. The van der Waals surface area contributed by atoms with Gasteiger partial charge in [0, 0.05) is 24.6 Å². The van der Waals surface area contributed by atoms with Crippen LogP contribution in [0.5, 0.6) is 0 Å². The van der Waals surface area contributed by atoms with Crippen LogP contribution in [0.15, 0.2) is 18.3 Å². The Labute approximate surface area is 72.6 Å². The quantitative estimate of drug-likeness (QED) is 0.665. The van der Waals surface area contributed by atoms with Gasteiger partial charge in [-0.3, -0.25) is 4.98 Å². The molecule has 0 saturated heterocycles. The highest BCUT2D eigenvalue weighted by Crippen LogP contribution is 2.48. The van der Waals surface area contributed by atoms with Crippen LogP contribution in [0.3, 0.4) is 0 Å². The third-order valence-corrected chi connectivity index (χ3v) is 2.53. The first-order valence-electron chi connectivity index (χ1n) is 4.25. The van der Waals surface area contributed by atoms with Crippen LogP contribution in [0.1, 0.15) is 24.1 Å². The summed E-state index contributed by atoms with van der Waals surface area (Å²) in [4.78, 5) is 4.25. The summed E-state index contributed by atoms with van der Waals surface area (Å²) in [5, 5.41) is 0. The van der Waals surface area contributed by atoms with Gasteiger partial charge in [0.25, 0.3) is 0 Å². The lowest BCUT2D eigenvalue weighted by Gasteiger charge is -2.12. The minimum absolute atomic E-state index is 0.0146. The van der Waals surface area contributed by atoms with E-state index in [0.717, 1.165) is 18.5 Å². The first-order valence-corrected chi connectivity index (χ1v) is 4.25. The van der Waals surface area contributed by atoms with Crippen LogP contribution in [0, 0.1) is 6.92 Å². The van der Waals surface area contributed by atoms with E-state index in [1.807, 2.05) is 19.2 Å². The zero-order chi connectivity index (χ0) is 8.60. The molecule has 1 aromatic rings. The Hall–Kier alpha value is -0.890. The molecule has 0 aromatic carbocycles. The van der Waals surface area contributed by atoms with Crippen LogP contribution in [0.25, 0.3) is 0 Å². The molecule has 2 rings (SSSR count). The van der Waals surface area contributed by atoms with E-state index in [1.54, 1.807) is 7.11 Å². The van der Waals surface area contributed by atoms with Crippen LogP contribution >= 0.6 is 0 Å². The van der Waals surface area contributed by atoms with Gasteiger partial charge in [0.2, 0.25) is 0 Å². The molecule has 0 radical (unpaired) electrons. The van der Waals surface area contributed by atoms with Gasteiger partial charge >= 0.3 is 0 Å². The molecule has 1 saturated carbocycles. The van der Waals surface area contributed by atoms with Crippen LogP contribution in [-0.2, 0) is 10.3 Å². The van der Waals surface area contributed by atoms with Crippen molar-refractivity contribution in [1.29, 1.82) is 0 Å². The van der Waals surface area contributed by atoms with Crippen molar-refractivity contribution < 1.29 is 4.74 Å². The van der Waals surface area contributed by atoms with Crippen molar-refractivity contribution in [2.75, 3.05) is 7.11 Å². The van der Waals surface area contributed by atoms with Gasteiger partial charge in [-0.1, -0.05) is 6.07 Å². The predicted octanol–water partition coefficient (Wildman–Crippen LogP) is 2.03. The number of methoxy groups -OCH3 is 1. The van der Waals surface area contributed by atoms with Crippen molar-refractivity contribution in [3.05, 3.63) is 29.6 Å². The summed E-state index contributed by atoms with van der Waals surface area (Å²) in [6.45, 7) is 2.00. The minimum Gasteiger partial charge on any atom is -0.373 e. The third-order valence-electron chi connectivity index (χ3n) is 2.53. The van der Waals surface area contributed by atoms with Crippen LogP contribution < -0.4 is 0 Å². The molecule has 1 fully saturated rings. The second-order valence-electron chi connectivity index (χ2n) is 3.39. The molecular formula is C10H13NO. The fraction of sp³-hybridized carbons (Fsp3) is 0.500. The fourth-order valence-electron chi connectivity index (χ4n) is 1.46. The molecule has 64 valence electrons. The van der Waals surface area contributed by atoms with Gasteiger partial charge in [0.15, 0.2) is 0 Å². The highest BCUT2D eigenvalue weighted by atomic mass is 16.5. The van der Waals surface area contributed by atoms with Crippen LogP contribution in [0.4, 0.5) is 0 Å². The van der Waals surface area contributed by atoms with Crippen LogP contribution in [0.2, 0.25) is 0 Å². The average Bonchev–Trinajstić information content (AvgIpc) is 2.86. The van der Waals surface area contributed by atoms with Gasteiger partial charge in [-0.25, -0.2) is 0 Å². The number of pyridine rings is 1. The lowest BCUT2D eigenvalue weighted by atomic mass is 10.1. The fourth-order valence-corrected chi connectivity index (χ4v) is 1.46. The van der Waals surface area contributed by atoms with E-state index in [9.17, 15) is 0 Å². The molecule has 2 nitrogen and oxygen atoms in total. The van der Waals surface area contributed by atoms with Crippen molar-refractivity contribution in [1.82, 2.24) is 4.98 Å². The Morgan fingerprint density at radius 1 is 1.42 bits per heavy atom. The Morgan fingerprint density at radius 2 is 2.17 bits per heavy atom. The molecule has 0 unspecified atom stereocenters. The Kier molecular flexibility index (Phi) is 1.65. The highest BCUT2D eigenvalue weighted by molar-refractivity contribution is 5.26. The number of hydrogen-bond donors (Lipinski definition) is 0. The maximum Gasteiger partial charge on any atom is 0.0944 e. The SMILES string of the molecule is COC1(c2ccc(C)nc2)CC1. The maximum atomic E-state index is 5.43. The summed E-state index contributed by atoms with van der Waals surface area (Å²) in [5.41, 5.74) is 2.29. The molecule has 0 spiro atoms. The van der Waals surface area contributed by atoms with E-state index in [-0.39, 0.29) is 5.60 Å². The largest absolute Gasteiger partial charge is 0.373 e. The molecule has 1 aliphatic rings. The molecule has 0 aliphatic heterocycles. The molecule has 0 atom stereocenters. The number of rotatable bonds is 2. The molecule has 0 N–H and O–H groups in total. The summed E-state index contributed by atoms with van der Waals surface area (Å²) in [6.07, 6.45) is 4.19. The summed E-state index contributed by atoms with van der Waals surface area (Å²) < 4.78 is 5.43. The van der Waals surface area contributed by atoms with Crippen molar-refractivity contribution >= 4 is 0 Å². The average molecular weight is 163 g/mol. The third kappa shape index (κ3) is 1.12. The molecule has 1 aromatic heterocycles. The topological polar surface area (TPSA) is 22.1 Å². The normalized spacial score (nSPS) is 19.2. The summed E-state index contributed by atoms with van der Waals surface area (Å²) >= 11 is 0. The van der Waals surface area contributed by atoms with E-state index in [4.69, 9.17) is 4.74 Å². The number of ether oxygens (including phenoxy) is 1. The van der Waals surface area contributed by atoms with Gasteiger partial charge in [0.05, 0.1) is 5.60 Å². The molecular weight excluding hydrogens is 150 g/mol. The summed E-state index contributed by atoms with van der Waals surface area (Å²) in [5.74, 6) is 0. The molecule has 0 bridgehead atoms. The lowest BCUT2D eigenvalue weighted by Crippen LogP contribution is -2.08. The molecule has 12 heavy (non-hydrogen) atoms. The van der Waals surface area contributed by atoms with E-state index >= 15 is 0 Å². The van der Waals surface area contributed by atoms with Gasteiger partial charge in [-0.15, -0.1) is 0 Å². The monoisotopic (exact) mass is 163 g/mol. The van der Waals surface area contributed by atoms with Crippen molar-refractivity contribution in [2.24, 2.45) is 0 Å². The number of hydrogen-bond acceptors (Lipinski definition) is 2. The Balaban J connectivity index is 2.29. The minimum atomic E-state index is 0.0146. The van der Waals surface area contributed by atoms with Crippen LogP contribution in [-0.4, -0.2) is 12.1 Å². The number of aromatic nitrogens is 1. The first kappa shape index (κ1) is 7.74. The van der Waals surface area contributed by atoms with E-state index in [0.29, 0.717) is 0 Å². The van der Waals surface area contributed by atoms with Gasteiger partial charge in [0.1, 0.15) is 0 Å². The standard InChI is InChI=1S/C10H13NO/c1-8-3-4-9(7-11-8)10(12-2)5-6-10/h3-4,7H,5-6H2,1-2H3. The van der Waals surface area contributed by atoms with Gasteiger partial charge in [-0.2, -0.15) is 0 Å². The lowest BCUT2D eigenvalue weighted by molar-refractivity contribution is 0.0786. The zero-order valence-electron chi connectivity index (χ0n) is 7.50. The second kappa shape index (κ2) is 2.56. The molecule has 1 aliphatic carbocycles. The summed E-state index contributed by atoms with van der Waals surface area (Å²) in [6, 6.07) is 4.15. The van der Waals surface area contributed by atoms with E-state index < -0.39 is 0 Å². The zero-order valence-corrected chi connectivity index (χ0v) is 7.50. The van der Waals surface area contributed by atoms with Gasteiger partial charge in [-0.05, 0) is 25.8 Å². The number of nitrogens with zero attached hydrogens (tertiary/aromatic N) is 1. The van der Waals surface area contributed by atoms with Crippen molar-refractivity contribution in [3.8, 4) is 0 Å².